The maximum atomic E-state index is 13.2. The standard InChI is InChI=1S/C21H22BrN3O5S/c1-2-11-24-18(12-26)20(15-7-9-16(22)10-8-15)21(24)13-23(14-21)31(29,30)19-6-4-3-5-17(19)25(27)28/h2-10,18,20,26H,1,11-14H2/t18-,20-/m1/s1. The van der Waals surface area contributed by atoms with Crippen LogP contribution in [0.3, 0.4) is 0 Å². The molecular formula is C21H22BrN3O5S. The van der Waals surface area contributed by atoms with Crippen molar-refractivity contribution in [3.05, 3.63) is 81.3 Å². The van der Waals surface area contributed by atoms with Gasteiger partial charge in [-0.1, -0.05) is 46.3 Å². The van der Waals surface area contributed by atoms with E-state index in [2.05, 4.69) is 27.4 Å². The van der Waals surface area contributed by atoms with Gasteiger partial charge in [-0.3, -0.25) is 15.0 Å². The third-order valence-corrected chi connectivity index (χ3v) is 8.63. The summed E-state index contributed by atoms with van der Waals surface area (Å²) in [6.07, 6.45) is 1.74. The molecule has 0 aliphatic carbocycles. The van der Waals surface area contributed by atoms with Crippen LogP contribution in [0.1, 0.15) is 11.5 Å². The van der Waals surface area contributed by atoms with E-state index in [4.69, 9.17) is 0 Å². The summed E-state index contributed by atoms with van der Waals surface area (Å²) in [5.74, 6) is -0.0669. The van der Waals surface area contributed by atoms with Crippen molar-refractivity contribution in [3.63, 3.8) is 0 Å². The van der Waals surface area contributed by atoms with E-state index in [9.17, 15) is 23.6 Å². The van der Waals surface area contributed by atoms with Crippen molar-refractivity contribution in [1.29, 1.82) is 0 Å². The Kier molecular flexibility index (Phi) is 5.78. The quantitative estimate of drug-likeness (QED) is 0.351. The number of likely N-dealkylation sites (tertiary alicyclic amines) is 1. The molecule has 2 aliphatic rings. The van der Waals surface area contributed by atoms with E-state index < -0.39 is 26.2 Å². The summed E-state index contributed by atoms with van der Waals surface area (Å²) in [6, 6.07) is 13.0. The first-order valence-corrected chi connectivity index (χ1v) is 12.0. The van der Waals surface area contributed by atoms with Crippen LogP contribution < -0.4 is 0 Å². The minimum atomic E-state index is -4.03. The summed E-state index contributed by atoms with van der Waals surface area (Å²) < 4.78 is 28.6. The van der Waals surface area contributed by atoms with E-state index in [1.165, 1.54) is 28.6 Å². The van der Waals surface area contributed by atoms with Gasteiger partial charge >= 0.3 is 0 Å². The SMILES string of the molecule is C=CCN1[C@H](CO)[C@@H](c2ccc(Br)cc2)C12CN(S(=O)(=O)c1ccccc1[N+](=O)[O-])C2. The molecule has 10 heteroatoms. The molecule has 2 atom stereocenters. The average molecular weight is 508 g/mol. The van der Waals surface area contributed by atoms with Crippen molar-refractivity contribution in [2.45, 2.75) is 22.4 Å². The molecule has 0 aromatic heterocycles. The number of aliphatic hydroxyl groups is 1. The number of hydrogen-bond acceptors (Lipinski definition) is 6. The van der Waals surface area contributed by atoms with Gasteiger partial charge in [0.1, 0.15) is 0 Å². The Morgan fingerprint density at radius 2 is 1.87 bits per heavy atom. The molecule has 2 aliphatic heterocycles. The predicted molar refractivity (Wildman–Crippen MR) is 119 cm³/mol. The molecule has 0 radical (unpaired) electrons. The maximum absolute atomic E-state index is 13.2. The number of nitro groups is 1. The van der Waals surface area contributed by atoms with E-state index >= 15 is 0 Å². The molecule has 0 amide bonds. The minimum Gasteiger partial charge on any atom is -0.395 e. The normalized spacial score (nSPS) is 23.2. The predicted octanol–water partition coefficient (Wildman–Crippen LogP) is 2.75. The zero-order valence-electron chi connectivity index (χ0n) is 16.6. The van der Waals surface area contributed by atoms with Gasteiger partial charge in [0, 0.05) is 42.1 Å². The van der Waals surface area contributed by atoms with Gasteiger partial charge in [0.25, 0.3) is 5.69 Å². The average Bonchev–Trinajstić information content (AvgIpc) is 2.71. The van der Waals surface area contributed by atoms with Crippen molar-refractivity contribution < 1.29 is 18.4 Å². The van der Waals surface area contributed by atoms with Gasteiger partial charge < -0.3 is 5.11 Å². The Hall–Kier alpha value is -2.11. The van der Waals surface area contributed by atoms with Crippen molar-refractivity contribution >= 4 is 31.6 Å². The lowest BCUT2D eigenvalue weighted by Crippen LogP contribution is -2.84. The number of sulfonamides is 1. The van der Waals surface area contributed by atoms with E-state index in [-0.39, 0.29) is 36.6 Å². The molecule has 2 heterocycles. The molecule has 0 bridgehead atoms. The highest BCUT2D eigenvalue weighted by Gasteiger charge is 2.67. The van der Waals surface area contributed by atoms with Crippen LogP contribution in [0.25, 0.3) is 0 Å². The molecule has 1 N–H and O–H groups in total. The monoisotopic (exact) mass is 507 g/mol. The molecule has 2 aromatic carbocycles. The van der Waals surface area contributed by atoms with Crippen molar-refractivity contribution in [2.24, 2.45) is 0 Å². The Morgan fingerprint density at radius 1 is 1.23 bits per heavy atom. The van der Waals surface area contributed by atoms with Gasteiger partial charge in [-0.2, -0.15) is 4.31 Å². The van der Waals surface area contributed by atoms with E-state index in [1.807, 2.05) is 24.3 Å². The number of nitro benzene ring substituents is 1. The summed E-state index contributed by atoms with van der Waals surface area (Å²) in [6.45, 7) is 4.62. The number of aliphatic hydroxyl groups excluding tert-OH is 1. The second-order valence-corrected chi connectivity index (χ2v) is 10.6. The van der Waals surface area contributed by atoms with Crippen LogP contribution >= 0.6 is 15.9 Å². The molecule has 8 nitrogen and oxygen atoms in total. The van der Waals surface area contributed by atoms with Crippen molar-refractivity contribution in [3.8, 4) is 0 Å². The molecular weight excluding hydrogens is 486 g/mol. The lowest BCUT2D eigenvalue weighted by Gasteiger charge is -2.70. The fourth-order valence-electron chi connectivity index (χ4n) is 4.91. The topological polar surface area (TPSA) is 104 Å². The summed E-state index contributed by atoms with van der Waals surface area (Å²) in [5.41, 5.74) is 0.0921. The molecule has 2 saturated heterocycles. The first-order chi connectivity index (χ1) is 14.8. The third-order valence-electron chi connectivity index (χ3n) is 6.26. The van der Waals surface area contributed by atoms with Crippen LogP contribution in [0.15, 0.2) is 70.6 Å². The van der Waals surface area contributed by atoms with Gasteiger partial charge in [-0.05, 0) is 23.8 Å². The molecule has 0 unspecified atom stereocenters. The van der Waals surface area contributed by atoms with Crippen LogP contribution in [0.5, 0.6) is 0 Å². The highest BCUT2D eigenvalue weighted by atomic mass is 79.9. The van der Waals surface area contributed by atoms with Gasteiger partial charge in [0.15, 0.2) is 4.90 Å². The lowest BCUT2D eigenvalue weighted by molar-refractivity contribution is -0.387. The van der Waals surface area contributed by atoms with Crippen LogP contribution in [0.2, 0.25) is 0 Å². The number of hydrogen-bond donors (Lipinski definition) is 1. The molecule has 2 aromatic rings. The first-order valence-electron chi connectivity index (χ1n) is 9.74. The highest BCUT2D eigenvalue weighted by Crippen LogP contribution is 2.54. The minimum absolute atomic E-state index is 0.0623. The molecule has 2 fully saturated rings. The highest BCUT2D eigenvalue weighted by molar-refractivity contribution is 9.10. The van der Waals surface area contributed by atoms with Gasteiger partial charge in [-0.15, -0.1) is 6.58 Å². The summed E-state index contributed by atoms with van der Waals surface area (Å²) >= 11 is 3.43. The first kappa shape index (κ1) is 22.1. The Bertz CT molecular complexity index is 1120. The van der Waals surface area contributed by atoms with Crippen LogP contribution in [-0.4, -0.2) is 65.5 Å². The number of benzene rings is 2. The van der Waals surface area contributed by atoms with E-state index in [0.717, 1.165) is 10.0 Å². The van der Waals surface area contributed by atoms with Crippen LogP contribution in [0.4, 0.5) is 5.69 Å². The van der Waals surface area contributed by atoms with E-state index in [0.29, 0.717) is 6.54 Å². The fourth-order valence-corrected chi connectivity index (χ4v) is 6.89. The number of rotatable bonds is 7. The van der Waals surface area contributed by atoms with Gasteiger partial charge in [0.2, 0.25) is 10.0 Å². The van der Waals surface area contributed by atoms with Crippen molar-refractivity contribution in [2.75, 3.05) is 26.2 Å². The Morgan fingerprint density at radius 3 is 2.45 bits per heavy atom. The molecule has 164 valence electrons. The second-order valence-electron chi connectivity index (χ2n) is 7.82. The zero-order chi connectivity index (χ0) is 22.4. The lowest BCUT2D eigenvalue weighted by atomic mass is 9.61. The number of nitrogens with zero attached hydrogens (tertiary/aromatic N) is 3. The zero-order valence-corrected chi connectivity index (χ0v) is 19.0. The summed E-state index contributed by atoms with van der Waals surface area (Å²) in [5, 5.41) is 21.4. The Labute approximate surface area is 189 Å². The van der Waals surface area contributed by atoms with E-state index in [1.54, 1.807) is 6.08 Å². The second kappa shape index (κ2) is 8.10. The molecule has 1 spiro atoms. The van der Waals surface area contributed by atoms with Crippen LogP contribution in [0, 0.1) is 10.1 Å². The van der Waals surface area contributed by atoms with Crippen molar-refractivity contribution in [1.82, 2.24) is 9.21 Å². The fraction of sp³-hybridized carbons (Fsp3) is 0.333. The van der Waals surface area contributed by atoms with Gasteiger partial charge in [-0.25, -0.2) is 8.42 Å². The molecule has 31 heavy (non-hydrogen) atoms. The summed E-state index contributed by atoms with van der Waals surface area (Å²) in [4.78, 5) is 12.4. The number of halogens is 1. The third kappa shape index (κ3) is 3.42. The smallest absolute Gasteiger partial charge is 0.289 e. The molecule has 4 rings (SSSR count). The molecule has 0 saturated carbocycles. The Balaban J connectivity index is 1.67. The van der Waals surface area contributed by atoms with Crippen LogP contribution in [-0.2, 0) is 10.0 Å². The largest absolute Gasteiger partial charge is 0.395 e. The van der Waals surface area contributed by atoms with Gasteiger partial charge in [0.05, 0.1) is 17.1 Å². The number of para-hydroxylation sites is 1. The summed E-state index contributed by atoms with van der Waals surface area (Å²) in [7, 11) is -4.03. The maximum Gasteiger partial charge on any atom is 0.289 e.